The monoisotopic (exact) mass is 980 g/mol. The maximum atomic E-state index is 13.0. The van der Waals surface area contributed by atoms with E-state index in [1.807, 2.05) is 6.08 Å². The normalized spacial score (nSPS) is 19.4. The van der Waals surface area contributed by atoms with Crippen LogP contribution in [0.25, 0.3) is 0 Å². The lowest BCUT2D eigenvalue weighted by Crippen LogP contribution is -2.60. The molecular weight excluding hydrogens is 863 g/mol. The summed E-state index contributed by atoms with van der Waals surface area (Å²) in [6.45, 7) is 3.78. The van der Waals surface area contributed by atoms with Crippen molar-refractivity contribution in [3.63, 3.8) is 0 Å². The van der Waals surface area contributed by atoms with Gasteiger partial charge in [0.1, 0.15) is 24.4 Å². The highest BCUT2D eigenvalue weighted by atomic mass is 16.7. The van der Waals surface area contributed by atoms with Crippen LogP contribution >= 0.6 is 0 Å². The van der Waals surface area contributed by atoms with Crippen LogP contribution in [-0.4, -0.2) is 87.5 Å². The molecule has 1 fully saturated rings. The number of amides is 1. The summed E-state index contributed by atoms with van der Waals surface area (Å²) in [5, 5.41) is 54.3. The van der Waals surface area contributed by atoms with E-state index in [1.165, 1.54) is 250 Å². The molecule has 410 valence electrons. The highest BCUT2D eigenvalue weighted by Gasteiger charge is 2.44. The number of nitrogens with one attached hydrogen (secondary N) is 1. The minimum atomic E-state index is -1.56. The molecule has 1 aliphatic heterocycles. The predicted molar refractivity (Wildman–Crippen MR) is 291 cm³/mol. The fourth-order valence-corrected chi connectivity index (χ4v) is 10.0. The lowest BCUT2D eigenvalue weighted by Gasteiger charge is -2.40. The van der Waals surface area contributed by atoms with Crippen LogP contribution in [-0.2, 0) is 14.3 Å². The molecule has 2 unspecified atom stereocenters. The topological polar surface area (TPSA) is 149 Å². The number of ether oxygens (including phenoxy) is 2. The van der Waals surface area contributed by atoms with Crippen molar-refractivity contribution in [3.05, 3.63) is 12.2 Å². The van der Waals surface area contributed by atoms with E-state index in [1.54, 1.807) is 6.08 Å². The molecule has 0 aliphatic carbocycles. The van der Waals surface area contributed by atoms with E-state index in [9.17, 15) is 30.3 Å². The minimum absolute atomic E-state index is 0.172. The molecule has 1 heterocycles. The number of carbonyl (C=O) groups excluding carboxylic acids is 1. The first-order chi connectivity index (χ1) is 33.8. The standard InChI is InChI=1S/C60H117NO8/c1-3-5-7-9-11-13-15-16-17-18-19-20-21-22-23-24-25-26-27-28-29-30-31-32-33-34-35-36-37-38-39-40-42-44-46-48-50-56(64)61-53(52-68-60-59(67)58(66)57(65)55(51-62)69-60)54(63)49-47-45-43-41-14-12-10-8-6-4-2/h47,49,53-55,57-60,62-63,65-67H,3-46,48,50-52H2,1-2H3,(H,61,64)/b49-47+/t53-,54+,55+,57-,58?,59?,60+/m0/s1. The SMILES string of the molecule is CCCCCCCCCC/C=C/[C@@H](O)[C@H](CO[C@@H]1O[C@H](CO)[C@H](O)C(O)C1O)NC(=O)CCCCCCCCCCCCCCCCCCCCCCCCCCCCCCCCCCCCCC. The third-order valence-corrected chi connectivity index (χ3v) is 14.9. The highest BCUT2D eigenvalue weighted by Crippen LogP contribution is 2.23. The largest absolute Gasteiger partial charge is 0.394 e. The molecule has 0 bridgehead atoms. The van der Waals surface area contributed by atoms with Gasteiger partial charge in [0, 0.05) is 6.42 Å². The first-order valence-corrected chi connectivity index (χ1v) is 30.4. The lowest BCUT2D eigenvalue weighted by atomic mass is 9.99. The van der Waals surface area contributed by atoms with E-state index >= 15 is 0 Å². The molecule has 1 amide bonds. The number of carbonyl (C=O) groups is 1. The number of aliphatic hydroxyl groups is 5. The van der Waals surface area contributed by atoms with Crippen molar-refractivity contribution in [3.8, 4) is 0 Å². The van der Waals surface area contributed by atoms with E-state index in [2.05, 4.69) is 19.2 Å². The average molecular weight is 981 g/mol. The van der Waals surface area contributed by atoms with Crippen molar-refractivity contribution >= 4 is 5.91 Å². The van der Waals surface area contributed by atoms with Gasteiger partial charge < -0.3 is 40.3 Å². The Kier molecular flexibility index (Phi) is 48.2. The van der Waals surface area contributed by atoms with Crippen molar-refractivity contribution < 1.29 is 39.8 Å². The molecule has 0 saturated carbocycles. The number of rotatable bonds is 53. The molecule has 1 rings (SSSR count). The summed E-state index contributed by atoms with van der Waals surface area (Å²) < 4.78 is 11.2. The Bertz CT molecular complexity index is 1090. The summed E-state index contributed by atoms with van der Waals surface area (Å²) in [5.74, 6) is -0.172. The first-order valence-electron chi connectivity index (χ1n) is 30.4. The molecule has 0 aromatic heterocycles. The predicted octanol–water partition coefficient (Wildman–Crippen LogP) is 15.2. The Morgan fingerprint density at radius 1 is 0.478 bits per heavy atom. The molecule has 6 N–H and O–H groups in total. The van der Waals surface area contributed by atoms with Crippen molar-refractivity contribution in [2.24, 2.45) is 0 Å². The van der Waals surface area contributed by atoms with Gasteiger partial charge in [-0.25, -0.2) is 0 Å². The Balaban J connectivity index is 2.01. The summed E-state index contributed by atoms with van der Waals surface area (Å²) in [4.78, 5) is 13.0. The summed E-state index contributed by atoms with van der Waals surface area (Å²) in [7, 11) is 0. The van der Waals surface area contributed by atoms with Crippen LogP contribution in [0.3, 0.4) is 0 Å². The van der Waals surface area contributed by atoms with Crippen LogP contribution in [0.1, 0.15) is 309 Å². The number of allylic oxidation sites excluding steroid dienone is 1. The second-order valence-corrected chi connectivity index (χ2v) is 21.5. The Labute approximate surface area is 426 Å². The number of hydrogen-bond acceptors (Lipinski definition) is 8. The quantitative estimate of drug-likeness (QED) is 0.0261. The fraction of sp³-hybridized carbons (Fsp3) is 0.950. The maximum absolute atomic E-state index is 13.0. The molecule has 7 atom stereocenters. The van der Waals surface area contributed by atoms with Crippen LogP contribution in [0.15, 0.2) is 12.2 Å². The van der Waals surface area contributed by atoms with E-state index in [0.717, 1.165) is 38.5 Å². The first kappa shape index (κ1) is 65.9. The zero-order valence-corrected chi connectivity index (χ0v) is 45.6. The molecular formula is C60H117NO8. The molecule has 0 aromatic rings. The van der Waals surface area contributed by atoms with Gasteiger partial charge in [-0.05, 0) is 19.3 Å². The van der Waals surface area contributed by atoms with Crippen LogP contribution in [0.4, 0.5) is 0 Å². The maximum Gasteiger partial charge on any atom is 0.220 e. The van der Waals surface area contributed by atoms with Crippen molar-refractivity contribution in [2.45, 2.75) is 352 Å². The molecule has 0 spiro atoms. The highest BCUT2D eigenvalue weighted by molar-refractivity contribution is 5.76. The van der Waals surface area contributed by atoms with Gasteiger partial charge >= 0.3 is 0 Å². The molecule has 0 aromatic carbocycles. The van der Waals surface area contributed by atoms with E-state index in [0.29, 0.717) is 6.42 Å². The second-order valence-electron chi connectivity index (χ2n) is 21.5. The molecule has 1 aliphatic rings. The van der Waals surface area contributed by atoms with E-state index in [-0.39, 0.29) is 12.5 Å². The number of unbranched alkanes of at least 4 members (excludes halogenated alkanes) is 43. The zero-order chi connectivity index (χ0) is 50.1. The Hall–Kier alpha value is -1.07. The van der Waals surface area contributed by atoms with E-state index in [4.69, 9.17) is 9.47 Å². The fourth-order valence-electron chi connectivity index (χ4n) is 10.0. The van der Waals surface area contributed by atoms with Gasteiger partial charge in [-0.1, -0.05) is 296 Å². The van der Waals surface area contributed by atoms with Crippen LogP contribution in [0.2, 0.25) is 0 Å². The minimum Gasteiger partial charge on any atom is -0.394 e. The summed E-state index contributed by atoms with van der Waals surface area (Å²) >= 11 is 0. The van der Waals surface area contributed by atoms with Gasteiger partial charge in [-0.15, -0.1) is 0 Å². The summed E-state index contributed by atoms with van der Waals surface area (Å²) in [5.41, 5.74) is 0. The van der Waals surface area contributed by atoms with Crippen molar-refractivity contribution in [1.82, 2.24) is 5.32 Å². The van der Waals surface area contributed by atoms with Gasteiger partial charge in [0.05, 0.1) is 25.4 Å². The molecule has 9 heteroatoms. The average Bonchev–Trinajstić information content (AvgIpc) is 3.35. The van der Waals surface area contributed by atoms with Crippen LogP contribution in [0.5, 0.6) is 0 Å². The van der Waals surface area contributed by atoms with Crippen LogP contribution in [0, 0.1) is 0 Å². The van der Waals surface area contributed by atoms with Crippen molar-refractivity contribution in [2.75, 3.05) is 13.2 Å². The Morgan fingerprint density at radius 2 is 0.797 bits per heavy atom. The molecule has 0 radical (unpaired) electrons. The number of aliphatic hydroxyl groups excluding tert-OH is 5. The third kappa shape index (κ3) is 40.1. The number of hydrogen-bond donors (Lipinski definition) is 6. The van der Waals surface area contributed by atoms with Crippen LogP contribution < -0.4 is 5.32 Å². The lowest BCUT2D eigenvalue weighted by molar-refractivity contribution is -0.302. The third-order valence-electron chi connectivity index (χ3n) is 14.9. The van der Waals surface area contributed by atoms with Gasteiger partial charge in [-0.2, -0.15) is 0 Å². The van der Waals surface area contributed by atoms with Gasteiger partial charge in [0.15, 0.2) is 6.29 Å². The Morgan fingerprint density at radius 3 is 1.13 bits per heavy atom. The summed E-state index contributed by atoms with van der Waals surface area (Å²) in [6.07, 6.45) is 56.2. The van der Waals surface area contributed by atoms with Crippen molar-refractivity contribution in [1.29, 1.82) is 0 Å². The summed E-state index contributed by atoms with van der Waals surface area (Å²) in [6, 6.07) is -0.799. The van der Waals surface area contributed by atoms with Gasteiger partial charge in [0.25, 0.3) is 0 Å². The van der Waals surface area contributed by atoms with E-state index < -0.39 is 49.5 Å². The van der Waals surface area contributed by atoms with Gasteiger partial charge in [0.2, 0.25) is 5.91 Å². The molecule has 69 heavy (non-hydrogen) atoms. The molecule has 9 nitrogen and oxygen atoms in total. The second kappa shape index (κ2) is 50.5. The molecule has 1 saturated heterocycles. The van der Waals surface area contributed by atoms with Gasteiger partial charge in [-0.3, -0.25) is 4.79 Å². The zero-order valence-electron chi connectivity index (χ0n) is 45.6. The smallest absolute Gasteiger partial charge is 0.220 e.